The molecule has 1 amide bonds. The number of carbonyl (C=O) groups is 1. The van der Waals surface area contributed by atoms with Crippen LogP contribution in [0, 0.1) is 0 Å². The number of nitrogens with one attached hydrogen (secondary N) is 2. The van der Waals surface area contributed by atoms with E-state index in [1.54, 1.807) is 7.11 Å². The van der Waals surface area contributed by atoms with E-state index in [1.165, 1.54) is 0 Å². The number of carbonyl (C=O) groups excluding carboxylic acids is 1. The normalized spacial score (nSPS) is 37.4. The van der Waals surface area contributed by atoms with Crippen LogP contribution in [-0.4, -0.2) is 50.5 Å². The molecule has 1 heterocycles. The van der Waals surface area contributed by atoms with Gasteiger partial charge in [-0.3, -0.25) is 4.79 Å². The summed E-state index contributed by atoms with van der Waals surface area (Å²) < 4.78 is 11.0. The molecule has 5 nitrogen and oxygen atoms in total. The number of rotatable bonds is 5. The fraction of sp³-hybridized carbons (Fsp3) is 0.917. The number of amides is 1. The lowest BCUT2D eigenvalue weighted by Gasteiger charge is -2.45. The van der Waals surface area contributed by atoms with E-state index in [2.05, 4.69) is 10.6 Å². The van der Waals surface area contributed by atoms with Gasteiger partial charge in [-0.15, -0.1) is 0 Å². The maximum Gasteiger partial charge on any atom is 0.220 e. The van der Waals surface area contributed by atoms with Crippen LogP contribution < -0.4 is 10.6 Å². The van der Waals surface area contributed by atoms with Crippen molar-refractivity contribution < 1.29 is 14.3 Å². The van der Waals surface area contributed by atoms with Crippen LogP contribution in [0.25, 0.3) is 0 Å². The average molecular weight is 242 g/mol. The first kappa shape index (κ1) is 12.8. The van der Waals surface area contributed by atoms with Crippen LogP contribution in [0.15, 0.2) is 0 Å². The fourth-order valence-corrected chi connectivity index (χ4v) is 2.62. The first-order chi connectivity index (χ1) is 8.24. The minimum absolute atomic E-state index is 0.146. The largest absolute Gasteiger partial charge is 0.377 e. The van der Waals surface area contributed by atoms with Crippen molar-refractivity contribution in [2.24, 2.45) is 0 Å². The number of hydrogen-bond acceptors (Lipinski definition) is 4. The van der Waals surface area contributed by atoms with E-state index in [0.29, 0.717) is 18.5 Å². The first-order valence-electron chi connectivity index (χ1n) is 6.41. The summed E-state index contributed by atoms with van der Waals surface area (Å²) in [6, 6.07) is 0.731. The van der Waals surface area contributed by atoms with E-state index in [4.69, 9.17) is 9.47 Å². The molecule has 1 aliphatic carbocycles. The Morgan fingerprint density at radius 1 is 1.53 bits per heavy atom. The third kappa shape index (κ3) is 2.97. The summed E-state index contributed by atoms with van der Waals surface area (Å²) in [4.78, 5) is 11.1. The molecule has 4 atom stereocenters. The molecule has 0 aromatic heterocycles. The topological polar surface area (TPSA) is 59.6 Å². The second kappa shape index (κ2) is 5.80. The second-order valence-electron chi connectivity index (χ2n) is 4.74. The predicted molar refractivity (Wildman–Crippen MR) is 63.8 cm³/mol. The SMILES string of the molecule is CCOC1CC(NC2CCC(=O)NC2)C1OC. The molecule has 0 radical (unpaired) electrons. The number of hydrogen-bond donors (Lipinski definition) is 2. The molecule has 0 aromatic carbocycles. The highest BCUT2D eigenvalue weighted by molar-refractivity contribution is 5.76. The van der Waals surface area contributed by atoms with Crippen molar-refractivity contribution in [3.8, 4) is 0 Å². The van der Waals surface area contributed by atoms with Gasteiger partial charge in [0.05, 0.1) is 12.2 Å². The quantitative estimate of drug-likeness (QED) is 0.715. The summed E-state index contributed by atoms with van der Waals surface area (Å²) in [5.74, 6) is 0.159. The molecule has 4 unspecified atom stereocenters. The minimum atomic E-state index is 0.146. The van der Waals surface area contributed by atoms with E-state index >= 15 is 0 Å². The third-order valence-corrected chi connectivity index (χ3v) is 3.62. The van der Waals surface area contributed by atoms with Crippen LogP contribution in [-0.2, 0) is 14.3 Å². The molecule has 2 rings (SSSR count). The monoisotopic (exact) mass is 242 g/mol. The molecular weight excluding hydrogens is 220 g/mol. The maximum atomic E-state index is 11.1. The van der Waals surface area contributed by atoms with Crippen molar-refractivity contribution in [1.29, 1.82) is 0 Å². The summed E-state index contributed by atoms with van der Waals surface area (Å²) in [5.41, 5.74) is 0. The Bertz CT molecular complexity index is 262. The first-order valence-corrected chi connectivity index (χ1v) is 6.41. The average Bonchev–Trinajstić information content (AvgIpc) is 2.30. The maximum absolute atomic E-state index is 11.1. The molecule has 0 aromatic rings. The molecule has 1 aliphatic heterocycles. The summed E-state index contributed by atoms with van der Waals surface area (Å²) in [6.45, 7) is 3.46. The molecule has 2 aliphatic rings. The molecule has 2 N–H and O–H groups in total. The van der Waals surface area contributed by atoms with Gasteiger partial charge in [0.1, 0.15) is 0 Å². The lowest BCUT2D eigenvalue weighted by molar-refractivity contribution is -0.134. The van der Waals surface area contributed by atoms with Gasteiger partial charge in [0.25, 0.3) is 0 Å². The highest BCUT2D eigenvalue weighted by atomic mass is 16.5. The van der Waals surface area contributed by atoms with E-state index in [-0.39, 0.29) is 18.1 Å². The third-order valence-electron chi connectivity index (χ3n) is 3.62. The Kier molecular flexibility index (Phi) is 4.36. The molecule has 98 valence electrons. The minimum Gasteiger partial charge on any atom is -0.377 e. The van der Waals surface area contributed by atoms with Gasteiger partial charge in [-0.2, -0.15) is 0 Å². The molecule has 2 fully saturated rings. The number of methoxy groups -OCH3 is 1. The van der Waals surface area contributed by atoms with Gasteiger partial charge in [0.2, 0.25) is 5.91 Å². The Hall–Kier alpha value is -0.650. The Morgan fingerprint density at radius 2 is 2.35 bits per heavy atom. The van der Waals surface area contributed by atoms with Crippen molar-refractivity contribution in [1.82, 2.24) is 10.6 Å². The van der Waals surface area contributed by atoms with Gasteiger partial charge in [-0.05, 0) is 19.8 Å². The summed E-state index contributed by atoms with van der Waals surface area (Å²) in [5, 5.41) is 6.43. The predicted octanol–water partition coefficient (Wildman–Crippen LogP) is 0.0470. The zero-order chi connectivity index (χ0) is 12.3. The van der Waals surface area contributed by atoms with Crippen LogP contribution in [0.5, 0.6) is 0 Å². The van der Waals surface area contributed by atoms with Gasteiger partial charge >= 0.3 is 0 Å². The molecular formula is C12H22N2O3. The molecule has 0 spiro atoms. The lowest BCUT2D eigenvalue weighted by Crippen LogP contribution is -2.63. The Labute approximate surface area is 102 Å². The van der Waals surface area contributed by atoms with E-state index in [9.17, 15) is 4.79 Å². The summed E-state index contributed by atoms with van der Waals surface area (Å²) in [6.07, 6.45) is 2.90. The summed E-state index contributed by atoms with van der Waals surface area (Å²) in [7, 11) is 1.73. The van der Waals surface area contributed by atoms with Crippen LogP contribution in [0.2, 0.25) is 0 Å². The van der Waals surface area contributed by atoms with Crippen molar-refractivity contribution in [2.75, 3.05) is 20.3 Å². The highest BCUT2D eigenvalue weighted by Gasteiger charge is 2.43. The summed E-state index contributed by atoms with van der Waals surface area (Å²) >= 11 is 0. The molecule has 0 bridgehead atoms. The van der Waals surface area contributed by atoms with E-state index in [1.807, 2.05) is 6.92 Å². The molecule has 1 saturated carbocycles. The highest BCUT2D eigenvalue weighted by Crippen LogP contribution is 2.27. The standard InChI is InChI=1S/C12H22N2O3/c1-3-17-10-6-9(12(10)16-2)14-8-4-5-11(15)13-7-8/h8-10,12,14H,3-7H2,1-2H3,(H,13,15). The molecule has 5 heteroatoms. The fourth-order valence-electron chi connectivity index (χ4n) is 2.62. The lowest BCUT2D eigenvalue weighted by atomic mass is 9.84. The van der Waals surface area contributed by atoms with Gasteiger partial charge in [-0.25, -0.2) is 0 Å². The van der Waals surface area contributed by atoms with Crippen LogP contribution in [0.3, 0.4) is 0 Å². The van der Waals surface area contributed by atoms with Crippen molar-refractivity contribution in [3.63, 3.8) is 0 Å². The van der Waals surface area contributed by atoms with E-state index < -0.39 is 0 Å². The van der Waals surface area contributed by atoms with Crippen LogP contribution >= 0.6 is 0 Å². The number of piperidine rings is 1. The Balaban J connectivity index is 1.74. The van der Waals surface area contributed by atoms with Crippen LogP contribution in [0.4, 0.5) is 0 Å². The zero-order valence-electron chi connectivity index (χ0n) is 10.6. The number of ether oxygens (including phenoxy) is 2. The van der Waals surface area contributed by atoms with Crippen molar-refractivity contribution in [2.45, 2.75) is 50.5 Å². The second-order valence-corrected chi connectivity index (χ2v) is 4.74. The molecule has 1 saturated heterocycles. The Morgan fingerprint density at radius 3 is 2.94 bits per heavy atom. The van der Waals surface area contributed by atoms with Gasteiger partial charge < -0.3 is 20.1 Å². The molecule has 17 heavy (non-hydrogen) atoms. The van der Waals surface area contributed by atoms with E-state index in [0.717, 1.165) is 26.0 Å². The van der Waals surface area contributed by atoms with Gasteiger partial charge in [0.15, 0.2) is 0 Å². The van der Waals surface area contributed by atoms with Crippen molar-refractivity contribution >= 4 is 5.91 Å². The van der Waals surface area contributed by atoms with Gasteiger partial charge in [0, 0.05) is 38.8 Å². The van der Waals surface area contributed by atoms with Crippen molar-refractivity contribution in [3.05, 3.63) is 0 Å². The zero-order valence-corrected chi connectivity index (χ0v) is 10.6. The van der Waals surface area contributed by atoms with Crippen LogP contribution in [0.1, 0.15) is 26.2 Å². The smallest absolute Gasteiger partial charge is 0.220 e. The van der Waals surface area contributed by atoms with Gasteiger partial charge in [-0.1, -0.05) is 0 Å².